The highest BCUT2D eigenvalue weighted by molar-refractivity contribution is 6.68. The van der Waals surface area contributed by atoms with Crippen LogP contribution in [0.5, 0.6) is 0 Å². The summed E-state index contributed by atoms with van der Waals surface area (Å²) in [7, 11) is -6.10. The van der Waals surface area contributed by atoms with Gasteiger partial charge in [-0.15, -0.1) is 0 Å². The minimum Gasteiger partial charge on any atom is -0.411 e. The van der Waals surface area contributed by atoms with Gasteiger partial charge in [-0.2, -0.15) is 0 Å². The van der Waals surface area contributed by atoms with E-state index in [4.69, 9.17) is 19.2 Å². The molecule has 4 N–H and O–H groups in total. The fourth-order valence-electron chi connectivity index (χ4n) is 0.474. The van der Waals surface area contributed by atoms with Crippen LogP contribution in [0.3, 0.4) is 0 Å². The second-order valence-corrected chi connectivity index (χ2v) is 8.80. The van der Waals surface area contributed by atoms with E-state index in [9.17, 15) is 0 Å². The van der Waals surface area contributed by atoms with Gasteiger partial charge in [-0.25, -0.2) is 0 Å². The smallest absolute Gasteiger partial charge is 0.329 e. The first-order valence-corrected chi connectivity index (χ1v) is 8.30. The van der Waals surface area contributed by atoms with Crippen LogP contribution < -0.4 is 0 Å². The molecule has 0 atom stereocenters. The first-order valence-electron chi connectivity index (χ1n) is 3.10. The normalized spacial score (nSPS) is 13.8. The Hall–Kier alpha value is 0.274. The minimum atomic E-state index is -3.05. The molecule has 0 aromatic rings. The molecule has 0 bridgehead atoms. The molecule has 10 heavy (non-hydrogen) atoms. The molecule has 6 heteroatoms. The van der Waals surface area contributed by atoms with Crippen LogP contribution in [0, 0.1) is 0 Å². The van der Waals surface area contributed by atoms with E-state index in [0.29, 0.717) is 0 Å². The van der Waals surface area contributed by atoms with Crippen molar-refractivity contribution in [2.24, 2.45) is 0 Å². The van der Waals surface area contributed by atoms with Crippen molar-refractivity contribution >= 4 is 17.1 Å². The molecule has 0 aromatic carbocycles. The lowest BCUT2D eigenvalue weighted by atomic mass is 10.9. The lowest BCUT2D eigenvalue weighted by molar-refractivity contribution is 0.351. The fraction of sp³-hybridized carbons (Fsp3) is 1.00. The summed E-state index contributed by atoms with van der Waals surface area (Å²) in [6, 6.07) is 0.283. The highest BCUT2D eigenvalue weighted by Gasteiger charge is 2.29. The molecule has 0 amide bonds. The van der Waals surface area contributed by atoms with Gasteiger partial charge in [0.15, 0.2) is 0 Å². The summed E-state index contributed by atoms with van der Waals surface area (Å²) in [6.45, 7) is 2.71. The third-order valence-corrected chi connectivity index (χ3v) is 3.97. The van der Waals surface area contributed by atoms with Crippen LogP contribution in [0.1, 0.15) is 0 Å². The number of hydrogen-bond donors (Lipinski definition) is 4. The van der Waals surface area contributed by atoms with Crippen LogP contribution in [0.15, 0.2) is 0 Å². The van der Waals surface area contributed by atoms with Crippen molar-refractivity contribution in [1.82, 2.24) is 0 Å². The number of hydrogen-bond acceptors (Lipinski definition) is 4. The van der Waals surface area contributed by atoms with Crippen LogP contribution in [0.4, 0.5) is 0 Å². The molecule has 0 heterocycles. The number of rotatable bonds is 3. The average Bonchev–Trinajstić information content (AvgIpc) is 1.57. The Labute approximate surface area is 62.3 Å². The van der Waals surface area contributed by atoms with E-state index in [1.165, 1.54) is 13.1 Å². The van der Waals surface area contributed by atoms with Crippen molar-refractivity contribution in [1.29, 1.82) is 0 Å². The van der Waals surface area contributed by atoms with Gasteiger partial charge >= 0.3 is 17.1 Å². The molecule has 0 aliphatic carbocycles. The van der Waals surface area contributed by atoms with Crippen molar-refractivity contribution in [2.45, 2.75) is 25.2 Å². The van der Waals surface area contributed by atoms with E-state index < -0.39 is 17.1 Å². The van der Waals surface area contributed by atoms with Gasteiger partial charge in [-0.1, -0.05) is 0 Å². The predicted octanol–water partition coefficient (Wildman–Crippen LogP) is -0.900. The Morgan fingerprint density at radius 1 is 0.800 bits per heavy atom. The summed E-state index contributed by atoms with van der Waals surface area (Å²) < 4.78 is 0. The van der Waals surface area contributed by atoms with Gasteiger partial charge in [0.05, 0.1) is 0 Å². The molecule has 0 fully saturated rings. The maximum atomic E-state index is 8.88. The van der Waals surface area contributed by atoms with Crippen molar-refractivity contribution in [2.75, 3.05) is 0 Å². The van der Waals surface area contributed by atoms with Gasteiger partial charge < -0.3 is 19.2 Å². The zero-order valence-electron chi connectivity index (χ0n) is 6.20. The Morgan fingerprint density at radius 3 is 1.10 bits per heavy atom. The monoisotopic (exact) mass is 182 g/mol. The fourth-order valence-corrected chi connectivity index (χ4v) is 4.26. The largest absolute Gasteiger partial charge is 0.411 e. The Balaban J connectivity index is 3.56. The quantitative estimate of drug-likeness (QED) is 0.426. The molecule has 0 saturated heterocycles. The van der Waals surface area contributed by atoms with Gasteiger partial charge in [-0.3, -0.25) is 0 Å². The molecule has 0 aliphatic rings. The highest BCUT2D eigenvalue weighted by atomic mass is 28.4. The third kappa shape index (κ3) is 8.27. The zero-order chi connectivity index (χ0) is 8.41. The molecule has 0 spiro atoms. The van der Waals surface area contributed by atoms with E-state index in [1.807, 2.05) is 0 Å². The van der Waals surface area contributed by atoms with Crippen LogP contribution >= 0.6 is 0 Å². The highest BCUT2D eigenvalue weighted by Crippen LogP contribution is 2.11. The van der Waals surface area contributed by atoms with E-state index >= 15 is 0 Å². The molecule has 0 rings (SSSR count). The third-order valence-electron chi connectivity index (χ3n) is 1.07. The maximum Gasteiger partial charge on any atom is 0.329 e. The van der Waals surface area contributed by atoms with Crippen LogP contribution in [-0.4, -0.2) is 36.3 Å². The molecule has 0 unspecified atom stereocenters. The van der Waals surface area contributed by atoms with Crippen molar-refractivity contribution in [3.63, 3.8) is 0 Å². The summed E-state index contributed by atoms with van der Waals surface area (Å²) in [4.78, 5) is 35.5. The van der Waals surface area contributed by atoms with E-state index in [0.717, 1.165) is 0 Å². The van der Waals surface area contributed by atoms with Gasteiger partial charge in [0.1, 0.15) is 0 Å². The zero-order valence-corrected chi connectivity index (χ0v) is 8.20. The van der Waals surface area contributed by atoms with Crippen LogP contribution in [0.2, 0.25) is 25.2 Å². The Morgan fingerprint density at radius 2 is 1.00 bits per heavy atom. The second-order valence-electron chi connectivity index (χ2n) is 2.93. The molecule has 4 nitrogen and oxygen atoms in total. The van der Waals surface area contributed by atoms with Gasteiger partial charge in [-0.05, 0) is 25.2 Å². The Kier molecular flexibility index (Phi) is 3.20. The summed E-state index contributed by atoms with van der Waals surface area (Å²) in [5, 5.41) is 0. The lowest BCUT2D eigenvalue weighted by Crippen LogP contribution is -2.36. The molecular weight excluding hydrogens is 168 g/mol. The van der Waals surface area contributed by atoms with Crippen LogP contribution in [0.25, 0.3) is 0 Å². The van der Waals surface area contributed by atoms with Gasteiger partial charge in [0, 0.05) is 0 Å². The standard InChI is InChI=1S/C4H14O4Si2/c1-9(5,6)3-4-10(2,7)8/h5-8H,3-4H2,1-2H3. The summed E-state index contributed by atoms with van der Waals surface area (Å²) in [5.41, 5.74) is 0. The SMILES string of the molecule is C[Si](O)(O)CC[Si](C)(O)O. The maximum absolute atomic E-state index is 8.88. The van der Waals surface area contributed by atoms with E-state index in [-0.39, 0.29) is 12.1 Å². The lowest BCUT2D eigenvalue weighted by Gasteiger charge is -2.15. The minimum absolute atomic E-state index is 0.142. The topological polar surface area (TPSA) is 80.9 Å². The van der Waals surface area contributed by atoms with Gasteiger partial charge in [0.25, 0.3) is 0 Å². The second kappa shape index (κ2) is 3.12. The predicted molar refractivity (Wildman–Crippen MR) is 41.7 cm³/mol. The average molecular weight is 182 g/mol. The van der Waals surface area contributed by atoms with Gasteiger partial charge in [0.2, 0.25) is 0 Å². The van der Waals surface area contributed by atoms with Crippen molar-refractivity contribution in [3.8, 4) is 0 Å². The Bertz CT molecular complexity index is 88.8. The molecule has 0 aliphatic heterocycles. The molecular formula is C4H14O4Si2. The van der Waals surface area contributed by atoms with Crippen molar-refractivity contribution in [3.05, 3.63) is 0 Å². The summed E-state index contributed by atoms with van der Waals surface area (Å²) in [6.07, 6.45) is 0. The van der Waals surface area contributed by atoms with E-state index in [1.54, 1.807) is 0 Å². The molecule has 0 saturated carbocycles. The van der Waals surface area contributed by atoms with Crippen LogP contribution in [-0.2, 0) is 0 Å². The molecule has 0 aromatic heterocycles. The first-order chi connectivity index (χ1) is 4.21. The summed E-state index contributed by atoms with van der Waals surface area (Å²) >= 11 is 0. The summed E-state index contributed by atoms with van der Waals surface area (Å²) in [5.74, 6) is 0. The molecule has 0 radical (unpaired) electrons. The van der Waals surface area contributed by atoms with E-state index in [2.05, 4.69) is 0 Å². The first kappa shape index (κ1) is 10.3. The van der Waals surface area contributed by atoms with Crippen molar-refractivity contribution < 1.29 is 19.2 Å². The molecule has 62 valence electrons.